The molecule has 0 radical (unpaired) electrons. The second kappa shape index (κ2) is 6.89. The van der Waals surface area contributed by atoms with Crippen LogP contribution in [0.4, 0.5) is 0 Å². The van der Waals surface area contributed by atoms with Crippen LogP contribution in [-0.2, 0) is 9.47 Å². The Morgan fingerprint density at radius 3 is 2.42 bits per heavy atom. The van der Waals surface area contributed by atoms with Crippen molar-refractivity contribution in [3.63, 3.8) is 0 Å². The first-order valence-corrected chi connectivity index (χ1v) is 6.13. The number of carbonyl (C=O) groups excluding carboxylic acids is 1. The Morgan fingerprint density at radius 2 is 1.89 bits per heavy atom. The lowest BCUT2D eigenvalue weighted by atomic mass is 10.1. The highest BCUT2D eigenvalue weighted by Crippen LogP contribution is 2.11. The van der Waals surface area contributed by atoms with Gasteiger partial charge in [0.2, 0.25) is 6.29 Å². The van der Waals surface area contributed by atoms with E-state index in [4.69, 9.17) is 14.6 Å². The van der Waals surface area contributed by atoms with Crippen molar-refractivity contribution in [2.24, 2.45) is 0 Å². The molecule has 1 N–H and O–H groups in total. The molecule has 0 amide bonds. The number of esters is 1. The minimum absolute atomic E-state index is 0.0484. The fourth-order valence-corrected chi connectivity index (χ4v) is 1.48. The maximum atomic E-state index is 11.9. The summed E-state index contributed by atoms with van der Waals surface area (Å²) in [7, 11) is 0. The number of hydrogen-bond acceptors (Lipinski definition) is 4. The van der Waals surface area contributed by atoms with E-state index in [1.807, 2.05) is 20.8 Å². The standard InChI is InChI=1S/C14H18O5/c1-4-12(18-9(2)3)19-14(17)11-7-5-6-10(8-11)13(15)16/h5-9,12H,4H2,1-3H3,(H,15,16). The molecule has 5 nitrogen and oxygen atoms in total. The van der Waals surface area contributed by atoms with Gasteiger partial charge in [0.05, 0.1) is 17.2 Å². The number of carboxylic acids is 1. The van der Waals surface area contributed by atoms with E-state index in [1.165, 1.54) is 24.3 Å². The third kappa shape index (κ3) is 4.71. The number of hydrogen-bond donors (Lipinski definition) is 1. The lowest BCUT2D eigenvalue weighted by Gasteiger charge is -2.19. The zero-order chi connectivity index (χ0) is 14.4. The smallest absolute Gasteiger partial charge is 0.340 e. The van der Waals surface area contributed by atoms with Crippen molar-refractivity contribution >= 4 is 11.9 Å². The van der Waals surface area contributed by atoms with Gasteiger partial charge in [-0.05, 0) is 32.0 Å². The summed E-state index contributed by atoms with van der Waals surface area (Å²) in [4.78, 5) is 22.7. The molecule has 1 aromatic carbocycles. The molecule has 19 heavy (non-hydrogen) atoms. The molecule has 1 aromatic rings. The van der Waals surface area contributed by atoms with Gasteiger partial charge in [-0.3, -0.25) is 0 Å². The second-order valence-corrected chi connectivity index (χ2v) is 4.31. The van der Waals surface area contributed by atoms with E-state index in [2.05, 4.69) is 0 Å². The normalized spacial score (nSPS) is 12.2. The molecule has 0 aliphatic heterocycles. The molecule has 0 aromatic heterocycles. The van der Waals surface area contributed by atoms with E-state index in [0.717, 1.165) is 0 Å². The molecule has 0 aliphatic carbocycles. The van der Waals surface area contributed by atoms with E-state index >= 15 is 0 Å². The molecule has 0 heterocycles. The van der Waals surface area contributed by atoms with Crippen LogP contribution in [0.3, 0.4) is 0 Å². The van der Waals surface area contributed by atoms with Crippen molar-refractivity contribution < 1.29 is 24.2 Å². The van der Waals surface area contributed by atoms with Crippen molar-refractivity contribution in [1.82, 2.24) is 0 Å². The summed E-state index contributed by atoms with van der Waals surface area (Å²) < 4.78 is 10.6. The molecule has 0 spiro atoms. The number of carbonyl (C=O) groups is 2. The third-order valence-electron chi connectivity index (χ3n) is 2.34. The average Bonchev–Trinajstić information content (AvgIpc) is 2.37. The first kappa shape index (κ1) is 15.2. The maximum absolute atomic E-state index is 11.9. The number of rotatable bonds is 6. The van der Waals surface area contributed by atoms with E-state index in [9.17, 15) is 9.59 Å². The van der Waals surface area contributed by atoms with Crippen LogP contribution in [0.25, 0.3) is 0 Å². The van der Waals surface area contributed by atoms with Crippen LogP contribution < -0.4 is 0 Å². The number of ether oxygens (including phenoxy) is 2. The Morgan fingerprint density at radius 1 is 1.26 bits per heavy atom. The lowest BCUT2D eigenvalue weighted by Crippen LogP contribution is -2.24. The number of aromatic carboxylic acids is 1. The fourth-order valence-electron chi connectivity index (χ4n) is 1.48. The topological polar surface area (TPSA) is 72.8 Å². The molecule has 0 bridgehead atoms. The Hall–Kier alpha value is -1.88. The first-order chi connectivity index (χ1) is 8.93. The fraction of sp³-hybridized carbons (Fsp3) is 0.429. The van der Waals surface area contributed by atoms with Crippen LogP contribution in [0.5, 0.6) is 0 Å². The van der Waals surface area contributed by atoms with Gasteiger partial charge in [0.15, 0.2) is 0 Å². The SMILES string of the molecule is CCC(OC(=O)c1cccc(C(=O)O)c1)OC(C)C. The van der Waals surface area contributed by atoms with Gasteiger partial charge in [0.1, 0.15) is 0 Å². The van der Waals surface area contributed by atoms with E-state index in [-0.39, 0.29) is 17.2 Å². The number of carboxylic acid groups (broad SMARTS) is 1. The molecule has 0 aliphatic rings. The summed E-state index contributed by atoms with van der Waals surface area (Å²) in [5.41, 5.74) is 0.248. The van der Waals surface area contributed by atoms with Gasteiger partial charge in [-0.15, -0.1) is 0 Å². The zero-order valence-corrected chi connectivity index (χ0v) is 11.3. The Bertz CT molecular complexity index is 453. The van der Waals surface area contributed by atoms with Gasteiger partial charge in [-0.2, -0.15) is 0 Å². The summed E-state index contributed by atoms with van der Waals surface area (Å²) in [6.45, 7) is 5.54. The van der Waals surface area contributed by atoms with E-state index in [0.29, 0.717) is 6.42 Å². The van der Waals surface area contributed by atoms with Crippen LogP contribution in [-0.4, -0.2) is 29.4 Å². The van der Waals surface area contributed by atoms with Crippen LogP contribution in [0.1, 0.15) is 47.9 Å². The predicted molar refractivity (Wildman–Crippen MR) is 69.1 cm³/mol. The quantitative estimate of drug-likeness (QED) is 0.633. The van der Waals surface area contributed by atoms with Crippen molar-refractivity contribution in [3.8, 4) is 0 Å². The van der Waals surface area contributed by atoms with Gasteiger partial charge >= 0.3 is 11.9 Å². The highest BCUT2D eigenvalue weighted by atomic mass is 16.7. The molecule has 5 heteroatoms. The van der Waals surface area contributed by atoms with Crippen LogP contribution >= 0.6 is 0 Å². The summed E-state index contributed by atoms with van der Waals surface area (Å²) in [5, 5.41) is 8.86. The van der Waals surface area contributed by atoms with Gasteiger partial charge in [0.25, 0.3) is 0 Å². The lowest BCUT2D eigenvalue weighted by molar-refractivity contribution is -0.133. The zero-order valence-electron chi connectivity index (χ0n) is 11.3. The average molecular weight is 266 g/mol. The number of benzene rings is 1. The summed E-state index contributed by atoms with van der Waals surface area (Å²) >= 11 is 0. The van der Waals surface area contributed by atoms with Crippen molar-refractivity contribution in [2.75, 3.05) is 0 Å². The predicted octanol–water partition coefficient (Wildman–Crippen LogP) is 2.70. The van der Waals surface area contributed by atoms with Gasteiger partial charge in [-0.25, -0.2) is 9.59 Å². The summed E-state index contributed by atoms with van der Waals surface area (Å²) in [5.74, 6) is -1.67. The molecule has 0 saturated heterocycles. The molecule has 0 fully saturated rings. The van der Waals surface area contributed by atoms with Gasteiger partial charge < -0.3 is 14.6 Å². The Balaban J connectivity index is 2.77. The largest absolute Gasteiger partial charge is 0.478 e. The maximum Gasteiger partial charge on any atom is 0.340 e. The molecule has 0 saturated carbocycles. The summed E-state index contributed by atoms with van der Waals surface area (Å²) in [6, 6.07) is 5.72. The van der Waals surface area contributed by atoms with E-state index < -0.39 is 18.2 Å². The third-order valence-corrected chi connectivity index (χ3v) is 2.34. The van der Waals surface area contributed by atoms with Gasteiger partial charge in [0, 0.05) is 6.42 Å². The van der Waals surface area contributed by atoms with Crippen LogP contribution in [0, 0.1) is 0 Å². The second-order valence-electron chi connectivity index (χ2n) is 4.31. The minimum Gasteiger partial charge on any atom is -0.478 e. The van der Waals surface area contributed by atoms with Crippen LogP contribution in [0.2, 0.25) is 0 Å². The van der Waals surface area contributed by atoms with Crippen molar-refractivity contribution in [3.05, 3.63) is 35.4 Å². The Labute approximate surface area is 112 Å². The van der Waals surface area contributed by atoms with Gasteiger partial charge in [-0.1, -0.05) is 13.0 Å². The molecular weight excluding hydrogens is 248 g/mol. The first-order valence-electron chi connectivity index (χ1n) is 6.13. The van der Waals surface area contributed by atoms with Crippen molar-refractivity contribution in [1.29, 1.82) is 0 Å². The molecular formula is C14H18O5. The van der Waals surface area contributed by atoms with E-state index in [1.54, 1.807) is 0 Å². The highest BCUT2D eigenvalue weighted by Gasteiger charge is 2.17. The monoisotopic (exact) mass is 266 g/mol. The molecule has 104 valence electrons. The molecule has 1 unspecified atom stereocenters. The Kier molecular flexibility index (Phi) is 5.51. The van der Waals surface area contributed by atoms with Crippen molar-refractivity contribution in [2.45, 2.75) is 39.6 Å². The molecule has 1 rings (SSSR count). The summed E-state index contributed by atoms with van der Waals surface area (Å²) in [6.07, 6.45) is -0.146. The van der Waals surface area contributed by atoms with Crippen LogP contribution in [0.15, 0.2) is 24.3 Å². The highest BCUT2D eigenvalue weighted by molar-refractivity contribution is 5.94. The molecule has 1 atom stereocenters. The minimum atomic E-state index is -1.08.